The van der Waals surface area contributed by atoms with E-state index in [1.165, 1.54) is 25.7 Å². The number of hydrogen-bond donors (Lipinski definition) is 2. The smallest absolute Gasteiger partial charge is 0.227 e. The lowest BCUT2D eigenvalue weighted by atomic mass is 9.91. The minimum absolute atomic E-state index is 0. The van der Waals surface area contributed by atoms with Gasteiger partial charge in [-0.2, -0.15) is 0 Å². The van der Waals surface area contributed by atoms with Crippen LogP contribution in [0.2, 0.25) is 0 Å². The van der Waals surface area contributed by atoms with Crippen LogP contribution < -0.4 is 15.8 Å². The number of carbonyl (C=O) groups is 1. The Labute approximate surface area is 139 Å². The summed E-state index contributed by atoms with van der Waals surface area (Å²) in [6.07, 6.45) is 7.08. The van der Waals surface area contributed by atoms with Crippen LogP contribution in [0, 0.1) is 11.8 Å². The van der Waals surface area contributed by atoms with Crippen LogP contribution in [0.1, 0.15) is 45.4 Å². The van der Waals surface area contributed by atoms with Crippen molar-refractivity contribution in [1.82, 2.24) is 0 Å². The molecule has 1 aromatic rings. The molecule has 0 spiro atoms. The molecule has 1 amide bonds. The van der Waals surface area contributed by atoms with Crippen molar-refractivity contribution in [2.24, 2.45) is 11.8 Å². The molecule has 0 bridgehead atoms. The van der Waals surface area contributed by atoms with Gasteiger partial charge in [-0.15, -0.1) is 12.4 Å². The van der Waals surface area contributed by atoms with Crippen molar-refractivity contribution >= 4 is 29.7 Å². The van der Waals surface area contributed by atoms with Gasteiger partial charge in [0.05, 0.1) is 12.8 Å². The Kier molecular flexibility index (Phi) is 7.52. The van der Waals surface area contributed by atoms with E-state index in [9.17, 15) is 4.79 Å². The van der Waals surface area contributed by atoms with Crippen molar-refractivity contribution in [3.63, 3.8) is 0 Å². The first-order valence-electron chi connectivity index (χ1n) is 7.88. The Bertz CT molecular complexity index is 488. The van der Waals surface area contributed by atoms with Crippen LogP contribution in [0.25, 0.3) is 0 Å². The second-order valence-corrected chi connectivity index (χ2v) is 5.94. The fraction of sp³-hybridized carbons (Fsp3) is 0.588. The Morgan fingerprint density at radius 2 is 2.09 bits per heavy atom. The highest BCUT2D eigenvalue weighted by Crippen LogP contribution is 2.32. The van der Waals surface area contributed by atoms with E-state index in [-0.39, 0.29) is 24.2 Å². The summed E-state index contributed by atoms with van der Waals surface area (Å²) in [5, 5.41) is 2.98. The van der Waals surface area contributed by atoms with Gasteiger partial charge in [0.1, 0.15) is 5.75 Å². The summed E-state index contributed by atoms with van der Waals surface area (Å²) in [6, 6.07) is 5.36. The summed E-state index contributed by atoms with van der Waals surface area (Å²) < 4.78 is 5.12. The molecule has 1 aromatic carbocycles. The average Bonchev–Trinajstić information content (AvgIpc) is 2.98. The van der Waals surface area contributed by atoms with Crippen LogP contribution in [0.4, 0.5) is 11.4 Å². The predicted molar refractivity (Wildman–Crippen MR) is 93.6 cm³/mol. The first kappa shape index (κ1) is 18.6. The van der Waals surface area contributed by atoms with Crippen molar-refractivity contribution in [2.75, 3.05) is 18.2 Å². The van der Waals surface area contributed by atoms with Crippen molar-refractivity contribution in [1.29, 1.82) is 0 Å². The van der Waals surface area contributed by atoms with Gasteiger partial charge in [-0.1, -0.05) is 32.6 Å². The zero-order valence-corrected chi connectivity index (χ0v) is 14.2. The fourth-order valence-electron chi connectivity index (χ4n) is 3.16. The number of methoxy groups -OCH3 is 1. The number of halogens is 1. The molecule has 1 saturated carbocycles. The molecule has 2 rings (SSSR count). The van der Waals surface area contributed by atoms with Gasteiger partial charge in [-0.3, -0.25) is 4.79 Å². The molecule has 1 aliphatic carbocycles. The topological polar surface area (TPSA) is 64.3 Å². The molecule has 1 aliphatic rings. The number of carbonyl (C=O) groups excluding carboxylic acids is 1. The second kappa shape index (κ2) is 8.89. The minimum atomic E-state index is 0. The summed E-state index contributed by atoms with van der Waals surface area (Å²) in [5.74, 6) is 1.55. The monoisotopic (exact) mass is 326 g/mol. The first-order valence-corrected chi connectivity index (χ1v) is 7.88. The molecule has 0 saturated heterocycles. The van der Waals surface area contributed by atoms with E-state index in [0.717, 1.165) is 24.4 Å². The molecule has 0 aliphatic heterocycles. The second-order valence-electron chi connectivity index (χ2n) is 5.94. The van der Waals surface area contributed by atoms with Gasteiger partial charge in [0.2, 0.25) is 5.91 Å². The number of hydrogen-bond acceptors (Lipinski definition) is 3. The molecule has 1 fully saturated rings. The van der Waals surface area contributed by atoms with E-state index in [2.05, 4.69) is 12.2 Å². The van der Waals surface area contributed by atoms with Crippen molar-refractivity contribution in [3.8, 4) is 5.75 Å². The van der Waals surface area contributed by atoms with Crippen LogP contribution in [-0.4, -0.2) is 13.0 Å². The Hall–Kier alpha value is -1.42. The Morgan fingerprint density at radius 1 is 1.41 bits per heavy atom. The normalized spacial score (nSPS) is 15.9. The van der Waals surface area contributed by atoms with E-state index < -0.39 is 0 Å². The van der Waals surface area contributed by atoms with Crippen LogP contribution in [-0.2, 0) is 4.79 Å². The molecule has 1 unspecified atom stereocenters. The molecule has 1 atom stereocenters. The average molecular weight is 327 g/mol. The van der Waals surface area contributed by atoms with E-state index in [1.54, 1.807) is 19.2 Å². The van der Waals surface area contributed by atoms with Crippen LogP contribution in [0.3, 0.4) is 0 Å². The highest BCUT2D eigenvalue weighted by Gasteiger charge is 2.24. The molecular formula is C17H27ClN2O2. The standard InChI is InChI=1S/C17H26N2O2.ClH/c1-3-13(10-12-6-4-5-7-12)17(20)19-14-8-9-16(21-2)15(18)11-14;/h8-9,11-13H,3-7,10,18H2,1-2H3,(H,19,20);1H. The lowest BCUT2D eigenvalue weighted by Gasteiger charge is -2.19. The Balaban J connectivity index is 0.00000242. The van der Waals surface area contributed by atoms with E-state index in [0.29, 0.717) is 11.4 Å². The predicted octanol–water partition coefficient (Wildman–Crippen LogP) is 4.24. The maximum absolute atomic E-state index is 12.4. The third kappa shape index (κ3) is 4.80. The quantitative estimate of drug-likeness (QED) is 0.768. The van der Waals surface area contributed by atoms with Crippen LogP contribution in [0.15, 0.2) is 18.2 Å². The number of nitrogen functional groups attached to an aromatic ring is 1. The number of nitrogens with one attached hydrogen (secondary N) is 1. The number of benzene rings is 1. The largest absolute Gasteiger partial charge is 0.495 e. The summed E-state index contributed by atoms with van der Waals surface area (Å²) in [6.45, 7) is 2.08. The fourth-order valence-corrected chi connectivity index (χ4v) is 3.16. The molecule has 0 radical (unpaired) electrons. The van der Waals surface area contributed by atoms with Gasteiger partial charge in [0, 0.05) is 11.6 Å². The van der Waals surface area contributed by atoms with Gasteiger partial charge in [-0.25, -0.2) is 0 Å². The number of amides is 1. The van der Waals surface area contributed by atoms with E-state index in [4.69, 9.17) is 10.5 Å². The Morgan fingerprint density at radius 3 is 2.64 bits per heavy atom. The van der Waals surface area contributed by atoms with Gasteiger partial charge in [0.25, 0.3) is 0 Å². The van der Waals surface area contributed by atoms with Crippen molar-refractivity contribution in [3.05, 3.63) is 18.2 Å². The summed E-state index contributed by atoms with van der Waals surface area (Å²) >= 11 is 0. The third-order valence-corrected chi connectivity index (χ3v) is 4.45. The number of anilines is 2. The highest BCUT2D eigenvalue weighted by molar-refractivity contribution is 5.93. The summed E-state index contributed by atoms with van der Waals surface area (Å²) in [4.78, 5) is 12.4. The SMILES string of the molecule is CCC(CC1CCCC1)C(=O)Nc1ccc(OC)c(N)c1.Cl. The van der Waals surface area contributed by atoms with Gasteiger partial charge < -0.3 is 15.8 Å². The van der Waals surface area contributed by atoms with Crippen molar-refractivity contribution in [2.45, 2.75) is 45.4 Å². The van der Waals surface area contributed by atoms with Gasteiger partial charge >= 0.3 is 0 Å². The van der Waals surface area contributed by atoms with Gasteiger partial charge in [-0.05, 0) is 37.0 Å². The first-order chi connectivity index (χ1) is 10.1. The number of nitrogens with two attached hydrogens (primary N) is 1. The molecule has 124 valence electrons. The number of ether oxygens (including phenoxy) is 1. The molecule has 4 nitrogen and oxygen atoms in total. The third-order valence-electron chi connectivity index (χ3n) is 4.45. The number of rotatable bonds is 6. The van der Waals surface area contributed by atoms with Gasteiger partial charge in [0.15, 0.2) is 0 Å². The minimum Gasteiger partial charge on any atom is -0.495 e. The molecular weight excluding hydrogens is 300 g/mol. The molecule has 0 heterocycles. The summed E-state index contributed by atoms with van der Waals surface area (Å²) in [7, 11) is 1.58. The van der Waals surface area contributed by atoms with Crippen molar-refractivity contribution < 1.29 is 9.53 Å². The molecule has 5 heteroatoms. The zero-order chi connectivity index (χ0) is 15.2. The molecule has 0 aromatic heterocycles. The van der Waals surface area contributed by atoms with E-state index >= 15 is 0 Å². The zero-order valence-electron chi connectivity index (χ0n) is 13.4. The lowest BCUT2D eigenvalue weighted by Crippen LogP contribution is -2.24. The van der Waals surface area contributed by atoms with Crippen LogP contribution in [0.5, 0.6) is 5.75 Å². The van der Waals surface area contributed by atoms with E-state index in [1.807, 2.05) is 6.07 Å². The molecule has 22 heavy (non-hydrogen) atoms. The molecule has 3 N–H and O–H groups in total. The maximum Gasteiger partial charge on any atom is 0.227 e. The highest BCUT2D eigenvalue weighted by atomic mass is 35.5. The lowest BCUT2D eigenvalue weighted by molar-refractivity contribution is -0.120. The van der Waals surface area contributed by atoms with Crippen LogP contribution >= 0.6 is 12.4 Å². The summed E-state index contributed by atoms with van der Waals surface area (Å²) in [5.41, 5.74) is 7.15. The maximum atomic E-state index is 12.4.